The predicted molar refractivity (Wildman–Crippen MR) is 122 cm³/mol. The Kier molecular flexibility index (Phi) is 5.31. The minimum atomic E-state index is -4.51. The first-order valence-electron chi connectivity index (χ1n) is 10.5. The van der Waals surface area contributed by atoms with Crippen LogP contribution in [-0.4, -0.2) is 30.2 Å². The average Bonchev–Trinajstić information content (AvgIpc) is 3.25. The minimum absolute atomic E-state index is 0.169. The third kappa shape index (κ3) is 4.12. The lowest BCUT2D eigenvalue weighted by atomic mass is 10.1. The van der Waals surface area contributed by atoms with Gasteiger partial charge in [0.2, 0.25) is 0 Å². The first-order chi connectivity index (χ1) is 16.7. The summed E-state index contributed by atoms with van der Waals surface area (Å²) in [6, 6.07) is 11.1. The lowest BCUT2D eigenvalue weighted by molar-refractivity contribution is -0.137. The van der Waals surface area contributed by atoms with E-state index in [4.69, 9.17) is 0 Å². The summed E-state index contributed by atoms with van der Waals surface area (Å²) in [4.78, 5) is 34.6. The molecule has 4 aromatic heterocycles. The van der Waals surface area contributed by atoms with Crippen LogP contribution in [0.2, 0.25) is 0 Å². The van der Waals surface area contributed by atoms with Gasteiger partial charge in [0.05, 0.1) is 34.4 Å². The molecule has 0 aliphatic carbocycles. The van der Waals surface area contributed by atoms with Gasteiger partial charge >= 0.3 is 6.18 Å². The Morgan fingerprint density at radius 2 is 1.83 bits per heavy atom. The zero-order valence-electron chi connectivity index (χ0n) is 18.2. The zero-order valence-corrected chi connectivity index (χ0v) is 18.2. The number of aromatic nitrogens is 5. The Hall–Kier alpha value is -4.54. The number of benzene rings is 1. The van der Waals surface area contributed by atoms with Crippen molar-refractivity contribution in [3.63, 3.8) is 0 Å². The number of carbonyl (C=O) groups excluding carboxylic acids is 1. The Morgan fingerprint density at radius 1 is 1.06 bits per heavy atom. The van der Waals surface area contributed by atoms with Crippen LogP contribution >= 0.6 is 0 Å². The second kappa shape index (κ2) is 8.35. The third-order valence-corrected chi connectivity index (χ3v) is 5.47. The SMILES string of the molecule is Cn1cc2c(=O)n(-c3ccc(C(F)(F)F)cc3)c3ncc(C(=O)NCc4ccccn4)cc3c2n1. The number of pyridine rings is 3. The number of alkyl halides is 3. The summed E-state index contributed by atoms with van der Waals surface area (Å²) >= 11 is 0. The molecule has 0 aliphatic rings. The van der Waals surface area contributed by atoms with E-state index in [-0.39, 0.29) is 28.8 Å². The number of carbonyl (C=O) groups is 1. The van der Waals surface area contributed by atoms with Gasteiger partial charge in [0.25, 0.3) is 11.5 Å². The normalized spacial score (nSPS) is 11.8. The van der Waals surface area contributed by atoms with E-state index >= 15 is 0 Å². The maximum atomic E-state index is 13.3. The summed E-state index contributed by atoms with van der Waals surface area (Å²) in [6.45, 7) is 0.210. The van der Waals surface area contributed by atoms with Crippen molar-refractivity contribution in [1.82, 2.24) is 29.6 Å². The summed E-state index contributed by atoms with van der Waals surface area (Å²) < 4.78 is 41.7. The fourth-order valence-electron chi connectivity index (χ4n) is 3.81. The van der Waals surface area contributed by atoms with Crippen molar-refractivity contribution in [1.29, 1.82) is 0 Å². The molecule has 176 valence electrons. The summed E-state index contributed by atoms with van der Waals surface area (Å²) in [5, 5.41) is 7.77. The smallest absolute Gasteiger partial charge is 0.346 e. The predicted octanol–water partition coefficient (Wildman–Crippen LogP) is 3.62. The summed E-state index contributed by atoms with van der Waals surface area (Å²) in [5.74, 6) is -0.401. The molecular weight excluding hydrogens is 461 g/mol. The molecule has 0 radical (unpaired) electrons. The summed E-state index contributed by atoms with van der Waals surface area (Å²) in [6.07, 6.45) is -0.0532. The molecular formula is C24H17F3N6O2. The number of hydrogen-bond acceptors (Lipinski definition) is 5. The van der Waals surface area contributed by atoms with Gasteiger partial charge in [-0.3, -0.25) is 23.8 Å². The highest BCUT2D eigenvalue weighted by molar-refractivity contribution is 6.05. The van der Waals surface area contributed by atoms with E-state index in [0.29, 0.717) is 16.6 Å². The molecule has 5 rings (SSSR count). The highest BCUT2D eigenvalue weighted by Gasteiger charge is 2.30. The second-order valence-corrected chi connectivity index (χ2v) is 7.85. The van der Waals surface area contributed by atoms with Crippen LogP contribution < -0.4 is 10.9 Å². The number of amides is 1. The minimum Gasteiger partial charge on any atom is -0.346 e. The molecule has 0 spiro atoms. The Balaban J connectivity index is 1.62. The molecule has 5 aromatic rings. The van der Waals surface area contributed by atoms with Crippen molar-refractivity contribution < 1.29 is 18.0 Å². The molecule has 0 saturated carbocycles. The van der Waals surface area contributed by atoms with E-state index in [1.54, 1.807) is 31.4 Å². The molecule has 0 aliphatic heterocycles. The number of fused-ring (bicyclic) bond motifs is 3. The fraction of sp³-hybridized carbons (Fsp3) is 0.125. The number of hydrogen-bond donors (Lipinski definition) is 1. The summed E-state index contributed by atoms with van der Waals surface area (Å²) in [7, 11) is 1.64. The monoisotopic (exact) mass is 478 g/mol. The fourth-order valence-corrected chi connectivity index (χ4v) is 3.81. The molecule has 0 fully saturated rings. The molecule has 0 saturated heterocycles. The van der Waals surface area contributed by atoms with E-state index in [1.165, 1.54) is 33.8 Å². The number of nitrogens with zero attached hydrogens (tertiary/aromatic N) is 5. The molecule has 35 heavy (non-hydrogen) atoms. The van der Waals surface area contributed by atoms with Crippen LogP contribution in [0.1, 0.15) is 21.6 Å². The highest BCUT2D eigenvalue weighted by Crippen LogP contribution is 2.30. The van der Waals surface area contributed by atoms with Crippen LogP contribution in [0.5, 0.6) is 0 Å². The lowest BCUT2D eigenvalue weighted by Crippen LogP contribution is -2.24. The van der Waals surface area contributed by atoms with Gasteiger partial charge in [-0.2, -0.15) is 18.3 Å². The first-order valence-corrected chi connectivity index (χ1v) is 10.5. The lowest BCUT2D eigenvalue weighted by Gasteiger charge is -2.13. The molecule has 0 atom stereocenters. The molecule has 11 heteroatoms. The molecule has 1 aromatic carbocycles. The maximum Gasteiger partial charge on any atom is 0.416 e. The van der Waals surface area contributed by atoms with Crippen LogP contribution in [0, 0.1) is 0 Å². The quantitative estimate of drug-likeness (QED) is 0.426. The van der Waals surface area contributed by atoms with Gasteiger partial charge in [0.1, 0.15) is 11.2 Å². The van der Waals surface area contributed by atoms with Crippen LogP contribution in [0.25, 0.3) is 27.6 Å². The topological polar surface area (TPSA) is 94.7 Å². The van der Waals surface area contributed by atoms with Crippen molar-refractivity contribution in [2.45, 2.75) is 12.7 Å². The van der Waals surface area contributed by atoms with Gasteiger partial charge < -0.3 is 5.32 Å². The summed E-state index contributed by atoms with van der Waals surface area (Å²) in [5.41, 5.74) is 0.306. The van der Waals surface area contributed by atoms with E-state index in [2.05, 4.69) is 20.4 Å². The van der Waals surface area contributed by atoms with E-state index < -0.39 is 23.2 Å². The largest absolute Gasteiger partial charge is 0.416 e. The van der Waals surface area contributed by atoms with Gasteiger partial charge in [-0.25, -0.2) is 4.98 Å². The van der Waals surface area contributed by atoms with Gasteiger partial charge in [-0.15, -0.1) is 0 Å². The zero-order chi connectivity index (χ0) is 24.7. The number of aryl methyl sites for hydroxylation is 1. The number of nitrogens with one attached hydrogen (secondary N) is 1. The second-order valence-electron chi connectivity index (χ2n) is 7.85. The standard InChI is InChI=1S/C24H17F3N6O2/c1-32-13-19-20(31-32)18-10-14(22(34)30-12-16-4-2-3-9-28-16)11-29-21(18)33(23(19)35)17-7-5-15(6-8-17)24(25,26)27/h2-11,13H,12H2,1H3,(H,30,34). The number of rotatable bonds is 4. The van der Waals surface area contributed by atoms with E-state index in [0.717, 1.165) is 12.1 Å². The third-order valence-electron chi connectivity index (χ3n) is 5.47. The van der Waals surface area contributed by atoms with Crippen LogP contribution in [0.4, 0.5) is 13.2 Å². The van der Waals surface area contributed by atoms with Crippen molar-refractivity contribution in [3.05, 3.63) is 94.3 Å². The molecule has 4 heterocycles. The van der Waals surface area contributed by atoms with Crippen molar-refractivity contribution in [2.75, 3.05) is 0 Å². The average molecular weight is 478 g/mol. The molecule has 0 unspecified atom stereocenters. The molecule has 0 bridgehead atoms. The van der Waals surface area contributed by atoms with Gasteiger partial charge in [-0.05, 0) is 42.5 Å². The van der Waals surface area contributed by atoms with Crippen molar-refractivity contribution >= 4 is 27.8 Å². The van der Waals surface area contributed by atoms with E-state index in [9.17, 15) is 22.8 Å². The van der Waals surface area contributed by atoms with E-state index in [1.807, 2.05) is 6.07 Å². The maximum absolute atomic E-state index is 13.3. The van der Waals surface area contributed by atoms with Gasteiger partial charge in [-0.1, -0.05) is 6.07 Å². The van der Waals surface area contributed by atoms with Crippen molar-refractivity contribution in [2.24, 2.45) is 7.05 Å². The first kappa shape index (κ1) is 22.3. The van der Waals surface area contributed by atoms with Gasteiger partial charge in [0.15, 0.2) is 0 Å². The van der Waals surface area contributed by atoms with Crippen LogP contribution in [0.15, 0.2) is 71.9 Å². The number of halogens is 3. The Bertz CT molecular complexity index is 1620. The van der Waals surface area contributed by atoms with Gasteiger partial charge in [0, 0.05) is 31.0 Å². The molecule has 1 amide bonds. The molecule has 1 N–H and O–H groups in total. The van der Waals surface area contributed by atoms with Crippen molar-refractivity contribution in [3.8, 4) is 5.69 Å². The van der Waals surface area contributed by atoms with Crippen LogP contribution in [0.3, 0.4) is 0 Å². The Morgan fingerprint density at radius 3 is 2.51 bits per heavy atom. The van der Waals surface area contributed by atoms with Crippen LogP contribution in [-0.2, 0) is 19.8 Å². The molecule has 8 nitrogen and oxygen atoms in total. The highest BCUT2D eigenvalue weighted by atomic mass is 19.4. The Labute approximate surface area is 195 Å².